The summed E-state index contributed by atoms with van der Waals surface area (Å²) >= 11 is 0. The molecule has 0 saturated heterocycles. The maximum absolute atomic E-state index is 8.98. The highest BCUT2D eigenvalue weighted by molar-refractivity contribution is 5.83. The number of para-hydroxylation sites is 1. The number of rotatable bonds is 2. The van der Waals surface area contributed by atoms with Gasteiger partial charge in [-0.1, -0.05) is 25.1 Å². The second kappa shape index (κ2) is 4.66. The van der Waals surface area contributed by atoms with Gasteiger partial charge in [0, 0.05) is 5.69 Å². The Balaban J connectivity index is 2.08. The molecule has 94 valence electrons. The molecule has 2 aromatic rings. The van der Waals surface area contributed by atoms with Gasteiger partial charge in [0.1, 0.15) is 6.17 Å². The monoisotopic (exact) mass is 249 g/mol. The third kappa shape index (κ3) is 1.92. The van der Waals surface area contributed by atoms with Crippen molar-refractivity contribution in [1.82, 2.24) is 0 Å². The largest absolute Gasteiger partial charge is 0.363 e. The van der Waals surface area contributed by atoms with Crippen LogP contribution in [0.5, 0.6) is 0 Å². The number of hydrogen-bond acceptors (Lipinski definition) is 3. The van der Waals surface area contributed by atoms with E-state index in [1.165, 1.54) is 5.69 Å². The minimum atomic E-state index is 0.242. The Morgan fingerprint density at radius 1 is 1.21 bits per heavy atom. The summed E-state index contributed by atoms with van der Waals surface area (Å²) in [5.74, 6) is 0. The summed E-state index contributed by atoms with van der Waals surface area (Å²) in [4.78, 5) is 2.29. The van der Waals surface area contributed by atoms with Gasteiger partial charge in [0.15, 0.2) is 0 Å². The van der Waals surface area contributed by atoms with Crippen molar-refractivity contribution < 1.29 is 0 Å². The van der Waals surface area contributed by atoms with Gasteiger partial charge in [-0.05, 0) is 36.8 Å². The Bertz CT molecular complexity index is 628. The van der Waals surface area contributed by atoms with E-state index in [9.17, 15) is 0 Å². The van der Waals surface area contributed by atoms with Gasteiger partial charge in [-0.3, -0.25) is 0 Å². The maximum Gasteiger partial charge on any atom is 0.104 e. The van der Waals surface area contributed by atoms with Gasteiger partial charge in [0.05, 0.1) is 23.0 Å². The first-order valence-corrected chi connectivity index (χ1v) is 6.48. The molecule has 1 aliphatic heterocycles. The van der Waals surface area contributed by atoms with Crippen molar-refractivity contribution in [3.8, 4) is 6.07 Å². The van der Waals surface area contributed by atoms with Crippen LogP contribution in [0, 0.1) is 11.3 Å². The van der Waals surface area contributed by atoms with Crippen molar-refractivity contribution in [3.05, 3.63) is 54.1 Å². The lowest BCUT2D eigenvalue weighted by atomic mass is 10.1. The molecule has 19 heavy (non-hydrogen) atoms. The second-order valence-corrected chi connectivity index (χ2v) is 4.62. The van der Waals surface area contributed by atoms with Gasteiger partial charge in [0.25, 0.3) is 0 Å². The van der Waals surface area contributed by atoms with E-state index in [0.717, 1.165) is 17.8 Å². The molecule has 1 N–H and O–H groups in total. The summed E-state index contributed by atoms with van der Waals surface area (Å²) in [7, 11) is 0. The van der Waals surface area contributed by atoms with E-state index in [2.05, 4.69) is 35.3 Å². The first-order valence-electron chi connectivity index (χ1n) is 6.48. The number of nitrogens with zero attached hydrogens (tertiary/aromatic N) is 2. The van der Waals surface area contributed by atoms with Crippen LogP contribution in [-0.2, 0) is 0 Å². The maximum atomic E-state index is 8.98. The van der Waals surface area contributed by atoms with Crippen molar-refractivity contribution in [2.24, 2.45) is 0 Å². The van der Waals surface area contributed by atoms with Crippen LogP contribution in [0.15, 0.2) is 48.5 Å². The van der Waals surface area contributed by atoms with Crippen LogP contribution in [0.25, 0.3) is 0 Å². The lowest BCUT2D eigenvalue weighted by molar-refractivity contribution is 0.728. The summed E-state index contributed by atoms with van der Waals surface area (Å²) in [6.07, 6.45) is 1.23. The molecule has 3 heteroatoms. The van der Waals surface area contributed by atoms with E-state index in [4.69, 9.17) is 5.26 Å². The van der Waals surface area contributed by atoms with Gasteiger partial charge in [0.2, 0.25) is 0 Å². The normalized spacial score (nSPS) is 16.6. The Hall–Kier alpha value is -2.47. The summed E-state index contributed by atoms with van der Waals surface area (Å²) in [5.41, 5.74) is 4.04. The van der Waals surface area contributed by atoms with Gasteiger partial charge in [-0.2, -0.15) is 5.26 Å². The van der Waals surface area contributed by atoms with Crippen LogP contribution >= 0.6 is 0 Å². The van der Waals surface area contributed by atoms with Crippen LogP contribution in [0.1, 0.15) is 18.9 Å². The molecule has 3 rings (SSSR count). The number of hydrogen-bond donors (Lipinski definition) is 1. The third-order valence-corrected chi connectivity index (χ3v) is 3.44. The fraction of sp³-hybridized carbons (Fsp3) is 0.188. The molecule has 0 radical (unpaired) electrons. The van der Waals surface area contributed by atoms with E-state index in [0.29, 0.717) is 5.56 Å². The molecule has 0 aliphatic carbocycles. The molecule has 0 unspecified atom stereocenters. The minimum Gasteiger partial charge on any atom is -0.363 e. The van der Waals surface area contributed by atoms with Crippen LogP contribution < -0.4 is 10.2 Å². The smallest absolute Gasteiger partial charge is 0.104 e. The van der Waals surface area contributed by atoms with Crippen molar-refractivity contribution >= 4 is 17.1 Å². The molecule has 0 amide bonds. The van der Waals surface area contributed by atoms with Crippen LogP contribution in [0.4, 0.5) is 17.1 Å². The summed E-state index contributed by atoms with van der Waals surface area (Å²) < 4.78 is 0. The molecular weight excluding hydrogens is 234 g/mol. The third-order valence-electron chi connectivity index (χ3n) is 3.44. The number of nitriles is 1. The molecule has 1 heterocycles. The first-order chi connectivity index (χ1) is 9.33. The number of benzene rings is 2. The predicted octanol–water partition coefficient (Wildman–Crippen LogP) is 3.86. The summed E-state index contributed by atoms with van der Waals surface area (Å²) in [6.45, 7) is 2.16. The molecular formula is C16H15N3. The van der Waals surface area contributed by atoms with Crippen molar-refractivity contribution in [1.29, 1.82) is 5.26 Å². The molecule has 1 atom stereocenters. The van der Waals surface area contributed by atoms with Crippen molar-refractivity contribution in [3.63, 3.8) is 0 Å². The Morgan fingerprint density at radius 3 is 2.68 bits per heavy atom. The minimum absolute atomic E-state index is 0.242. The van der Waals surface area contributed by atoms with E-state index in [1.807, 2.05) is 36.4 Å². The first kappa shape index (κ1) is 11.6. The Kier molecular flexibility index (Phi) is 2.85. The van der Waals surface area contributed by atoms with Crippen molar-refractivity contribution in [2.45, 2.75) is 19.5 Å². The average molecular weight is 249 g/mol. The lowest BCUT2D eigenvalue weighted by Crippen LogP contribution is -2.30. The van der Waals surface area contributed by atoms with Gasteiger partial charge in [-0.15, -0.1) is 0 Å². The quantitative estimate of drug-likeness (QED) is 0.878. The van der Waals surface area contributed by atoms with Crippen LogP contribution in [0.2, 0.25) is 0 Å². The topological polar surface area (TPSA) is 39.1 Å². The van der Waals surface area contributed by atoms with E-state index < -0.39 is 0 Å². The van der Waals surface area contributed by atoms with Crippen LogP contribution in [0.3, 0.4) is 0 Å². The Labute approximate surface area is 113 Å². The summed E-state index contributed by atoms with van der Waals surface area (Å²) in [6, 6.07) is 18.3. The fourth-order valence-electron chi connectivity index (χ4n) is 2.54. The fourth-order valence-corrected chi connectivity index (χ4v) is 2.54. The average Bonchev–Trinajstić information content (AvgIpc) is 2.85. The van der Waals surface area contributed by atoms with Crippen molar-refractivity contribution in [2.75, 3.05) is 10.2 Å². The molecule has 2 aromatic carbocycles. The zero-order chi connectivity index (χ0) is 13.2. The van der Waals surface area contributed by atoms with E-state index in [1.54, 1.807) is 0 Å². The second-order valence-electron chi connectivity index (χ2n) is 4.62. The van der Waals surface area contributed by atoms with Crippen LogP contribution in [-0.4, -0.2) is 6.17 Å². The van der Waals surface area contributed by atoms with Gasteiger partial charge in [-0.25, -0.2) is 0 Å². The van der Waals surface area contributed by atoms with E-state index >= 15 is 0 Å². The Morgan fingerprint density at radius 2 is 2.00 bits per heavy atom. The van der Waals surface area contributed by atoms with Gasteiger partial charge >= 0.3 is 0 Å². The molecule has 0 bridgehead atoms. The zero-order valence-corrected chi connectivity index (χ0v) is 10.8. The van der Waals surface area contributed by atoms with Gasteiger partial charge < -0.3 is 10.2 Å². The zero-order valence-electron chi connectivity index (χ0n) is 10.8. The number of anilines is 3. The molecule has 1 aliphatic rings. The predicted molar refractivity (Wildman–Crippen MR) is 77.4 cm³/mol. The molecule has 3 nitrogen and oxygen atoms in total. The van der Waals surface area contributed by atoms with E-state index in [-0.39, 0.29) is 6.17 Å². The highest BCUT2D eigenvalue weighted by Gasteiger charge is 2.28. The molecule has 0 aromatic heterocycles. The summed E-state index contributed by atoms with van der Waals surface area (Å²) in [5, 5.41) is 12.5. The number of fused-ring (bicyclic) bond motifs is 1. The number of nitrogens with one attached hydrogen (secondary N) is 1. The SMILES string of the molecule is CC[C@H]1Nc2cc(C#N)ccc2N1c1ccccc1. The lowest BCUT2D eigenvalue weighted by Gasteiger charge is -2.26. The molecule has 0 spiro atoms. The standard InChI is InChI=1S/C16H15N3/c1-2-16-18-14-10-12(11-17)8-9-15(14)19(16)13-6-4-3-5-7-13/h3-10,16,18H,2H2,1H3/t16-/m0/s1. The molecule has 0 fully saturated rings. The highest BCUT2D eigenvalue weighted by atomic mass is 15.3. The highest BCUT2D eigenvalue weighted by Crippen LogP contribution is 2.41. The molecule has 0 saturated carbocycles.